The molecule has 5 nitrogen and oxygen atoms in total. The van der Waals surface area contributed by atoms with Gasteiger partial charge in [-0.05, 0) is 25.5 Å². The van der Waals surface area contributed by atoms with Crippen LogP contribution in [0, 0.1) is 13.8 Å². The molecule has 0 aliphatic heterocycles. The molecule has 0 aliphatic rings. The number of nitrogens with zero attached hydrogens (tertiary/aromatic N) is 2. The van der Waals surface area contributed by atoms with Crippen LogP contribution in [0.3, 0.4) is 0 Å². The second-order valence-corrected chi connectivity index (χ2v) is 3.94. The van der Waals surface area contributed by atoms with Crippen molar-refractivity contribution < 1.29 is 14.3 Å². The molecule has 1 N–H and O–H groups in total. The van der Waals surface area contributed by atoms with Gasteiger partial charge < -0.3 is 9.52 Å². The number of hydrogen-bond donors (Lipinski definition) is 1. The van der Waals surface area contributed by atoms with E-state index in [2.05, 4.69) is 10.2 Å². The van der Waals surface area contributed by atoms with Crippen molar-refractivity contribution in [2.45, 2.75) is 13.8 Å². The van der Waals surface area contributed by atoms with E-state index in [1.807, 2.05) is 32.0 Å². The van der Waals surface area contributed by atoms with E-state index in [-0.39, 0.29) is 5.89 Å². The quantitative estimate of drug-likeness (QED) is 0.839. The van der Waals surface area contributed by atoms with Gasteiger partial charge in [-0.15, -0.1) is 10.2 Å². The first-order chi connectivity index (χ1) is 8.56. The van der Waals surface area contributed by atoms with E-state index >= 15 is 0 Å². The first kappa shape index (κ1) is 12.0. The van der Waals surface area contributed by atoms with Crippen LogP contribution in [-0.2, 0) is 4.79 Å². The molecule has 0 spiro atoms. The van der Waals surface area contributed by atoms with Crippen molar-refractivity contribution in [3.05, 3.63) is 41.3 Å². The van der Waals surface area contributed by atoms with Crippen LogP contribution >= 0.6 is 0 Å². The Labute approximate surface area is 104 Å². The molecule has 0 fully saturated rings. The minimum atomic E-state index is -1.05. The zero-order valence-electron chi connectivity index (χ0n) is 10.0. The first-order valence-corrected chi connectivity index (χ1v) is 5.38. The lowest BCUT2D eigenvalue weighted by Crippen LogP contribution is -1.85. The molecule has 0 saturated carbocycles. The highest BCUT2D eigenvalue weighted by molar-refractivity contribution is 5.84. The maximum absolute atomic E-state index is 10.4. The molecule has 0 amide bonds. The maximum atomic E-state index is 10.4. The number of aryl methyl sites for hydroxylation is 2. The SMILES string of the molecule is Cc1ccc(-c2nnc(/C=C/C(=O)O)o2)c(C)c1. The van der Waals surface area contributed by atoms with Crippen molar-refractivity contribution in [3.63, 3.8) is 0 Å². The van der Waals surface area contributed by atoms with Crippen LogP contribution in [0.25, 0.3) is 17.5 Å². The normalized spacial score (nSPS) is 11.0. The predicted molar refractivity (Wildman–Crippen MR) is 65.9 cm³/mol. The lowest BCUT2D eigenvalue weighted by Gasteiger charge is -2.01. The molecule has 0 radical (unpaired) electrons. The molecule has 5 heteroatoms. The number of rotatable bonds is 3. The third-order valence-corrected chi connectivity index (χ3v) is 2.42. The number of benzene rings is 1. The minimum absolute atomic E-state index is 0.173. The Morgan fingerprint density at radius 3 is 2.78 bits per heavy atom. The van der Waals surface area contributed by atoms with Crippen LogP contribution in [0.2, 0.25) is 0 Å². The predicted octanol–water partition coefficient (Wildman–Crippen LogP) is 2.45. The van der Waals surface area contributed by atoms with E-state index in [1.54, 1.807) is 0 Å². The van der Waals surface area contributed by atoms with E-state index in [0.29, 0.717) is 5.89 Å². The molecule has 92 valence electrons. The van der Waals surface area contributed by atoms with Crippen molar-refractivity contribution in [2.75, 3.05) is 0 Å². The zero-order valence-corrected chi connectivity index (χ0v) is 10.0. The molecule has 0 atom stereocenters. The summed E-state index contributed by atoms with van der Waals surface area (Å²) in [5.74, 6) is -0.494. The minimum Gasteiger partial charge on any atom is -0.478 e. The lowest BCUT2D eigenvalue weighted by molar-refractivity contribution is -0.131. The Morgan fingerprint density at radius 2 is 2.11 bits per heavy atom. The molecule has 18 heavy (non-hydrogen) atoms. The highest BCUT2D eigenvalue weighted by atomic mass is 16.4. The van der Waals surface area contributed by atoms with Crippen LogP contribution in [0.1, 0.15) is 17.0 Å². The van der Waals surface area contributed by atoms with E-state index in [1.165, 1.54) is 6.08 Å². The Kier molecular flexibility index (Phi) is 3.23. The molecule has 0 bridgehead atoms. The number of aliphatic carboxylic acids is 1. The third kappa shape index (κ3) is 2.63. The second-order valence-electron chi connectivity index (χ2n) is 3.94. The molecule has 2 aromatic rings. The maximum Gasteiger partial charge on any atom is 0.328 e. The third-order valence-electron chi connectivity index (χ3n) is 2.42. The average molecular weight is 244 g/mol. The summed E-state index contributed by atoms with van der Waals surface area (Å²) in [6.07, 6.45) is 2.22. The lowest BCUT2D eigenvalue weighted by atomic mass is 10.1. The van der Waals surface area contributed by atoms with Gasteiger partial charge in [0.25, 0.3) is 0 Å². The van der Waals surface area contributed by atoms with Crippen LogP contribution in [0.4, 0.5) is 0 Å². The van der Waals surface area contributed by atoms with E-state index in [4.69, 9.17) is 9.52 Å². The smallest absolute Gasteiger partial charge is 0.328 e. The van der Waals surface area contributed by atoms with Gasteiger partial charge in [-0.1, -0.05) is 17.7 Å². The Bertz CT molecular complexity index is 614. The molecule has 1 aromatic heterocycles. The first-order valence-electron chi connectivity index (χ1n) is 5.38. The molecule has 1 heterocycles. The van der Waals surface area contributed by atoms with Gasteiger partial charge in [-0.2, -0.15) is 0 Å². The number of carboxylic acid groups (broad SMARTS) is 1. The summed E-state index contributed by atoms with van der Waals surface area (Å²) in [6, 6.07) is 5.88. The molecule has 0 saturated heterocycles. The van der Waals surface area contributed by atoms with Gasteiger partial charge in [0.05, 0.1) is 0 Å². The fraction of sp³-hybridized carbons (Fsp3) is 0.154. The summed E-state index contributed by atoms with van der Waals surface area (Å²) in [5.41, 5.74) is 3.04. The monoisotopic (exact) mass is 244 g/mol. The van der Waals surface area contributed by atoms with Crippen molar-refractivity contribution in [2.24, 2.45) is 0 Å². The van der Waals surface area contributed by atoms with E-state index < -0.39 is 5.97 Å². The van der Waals surface area contributed by atoms with Gasteiger partial charge in [0.2, 0.25) is 11.8 Å². The van der Waals surface area contributed by atoms with Crippen molar-refractivity contribution in [3.8, 4) is 11.5 Å². The summed E-state index contributed by atoms with van der Waals surface area (Å²) in [5, 5.41) is 16.2. The van der Waals surface area contributed by atoms with Gasteiger partial charge in [0.1, 0.15) is 0 Å². The number of carboxylic acids is 1. The largest absolute Gasteiger partial charge is 0.478 e. The topological polar surface area (TPSA) is 76.2 Å². The Hall–Kier alpha value is -2.43. The summed E-state index contributed by atoms with van der Waals surface area (Å²) in [7, 11) is 0. The van der Waals surface area contributed by atoms with Gasteiger partial charge in [-0.3, -0.25) is 0 Å². The standard InChI is InChI=1S/C13H12N2O3/c1-8-3-4-10(9(2)7-8)13-15-14-11(18-13)5-6-12(16)17/h3-7H,1-2H3,(H,16,17)/b6-5+. The molecule has 0 aliphatic carbocycles. The molecule has 2 rings (SSSR count). The second kappa shape index (κ2) is 4.83. The fourth-order valence-electron chi connectivity index (χ4n) is 1.61. The van der Waals surface area contributed by atoms with Crippen LogP contribution < -0.4 is 0 Å². The van der Waals surface area contributed by atoms with Crippen molar-refractivity contribution >= 4 is 12.0 Å². The number of hydrogen-bond acceptors (Lipinski definition) is 4. The number of aromatic nitrogens is 2. The average Bonchev–Trinajstić information content (AvgIpc) is 2.75. The summed E-state index contributed by atoms with van der Waals surface area (Å²) in [4.78, 5) is 10.4. The number of carbonyl (C=O) groups is 1. The fourth-order valence-corrected chi connectivity index (χ4v) is 1.61. The van der Waals surface area contributed by atoms with Gasteiger partial charge in [-0.25, -0.2) is 4.79 Å². The van der Waals surface area contributed by atoms with Gasteiger partial charge in [0.15, 0.2) is 0 Å². The van der Waals surface area contributed by atoms with Crippen LogP contribution in [0.15, 0.2) is 28.7 Å². The van der Waals surface area contributed by atoms with E-state index in [0.717, 1.165) is 22.8 Å². The highest BCUT2D eigenvalue weighted by Crippen LogP contribution is 2.23. The highest BCUT2D eigenvalue weighted by Gasteiger charge is 2.09. The summed E-state index contributed by atoms with van der Waals surface area (Å²) in [6.45, 7) is 3.96. The molecular weight excluding hydrogens is 232 g/mol. The van der Waals surface area contributed by atoms with Crippen molar-refractivity contribution in [1.29, 1.82) is 0 Å². The summed E-state index contributed by atoms with van der Waals surface area (Å²) >= 11 is 0. The van der Waals surface area contributed by atoms with Gasteiger partial charge in [0, 0.05) is 17.7 Å². The van der Waals surface area contributed by atoms with E-state index in [9.17, 15) is 4.79 Å². The molecule has 1 aromatic carbocycles. The molecule has 0 unspecified atom stereocenters. The Balaban J connectivity index is 2.32. The molecular formula is C13H12N2O3. The Morgan fingerprint density at radius 1 is 1.33 bits per heavy atom. The van der Waals surface area contributed by atoms with Gasteiger partial charge >= 0.3 is 5.97 Å². The zero-order chi connectivity index (χ0) is 13.1. The van der Waals surface area contributed by atoms with Crippen LogP contribution in [-0.4, -0.2) is 21.3 Å². The van der Waals surface area contributed by atoms with Crippen LogP contribution in [0.5, 0.6) is 0 Å². The van der Waals surface area contributed by atoms with Crippen molar-refractivity contribution in [1.82, 2.24) is 10.2 Å². The summed E-state index contributed by atoms with van der Waals surface area (Å²) < 4.78 is 5.37.